The molecule has 0 spiro atoms. The van der Waals surface area contributed by atoms with E-state index in [9.17, 15) is 4.79 Å². The SMILES string of the molecule is C=C[C@]1(C)CCC=C2[C@@H]1CC[C@@H]1[C@](C)(C(=O)OC)CCC[C@@]21C. The summed E-state index contributed by atoms with van der Waals surface area (Å²) in [6, 6.07) is 0. The molecule has 5 atom stereocenters. The summed E-state index contributed by atoms with van der Waals surface area (Å²) >= 11 is 0. The minimum atomic E-state index is -0.324. The lowest BCUT2D eigenvalue weighted by Gasteiger charge is -2.59. The predicted octanol–water partition coefficient (Wildman–Crippen LogP) is 5.29. The van der Waals surface area contributed by atoms with Gasteiger partial charge in [-0.25, -0.2) is 0 Å². The third kappa shape index (κ3) is 2.24. The number of rotatable bonds is 2. The minimum absolute atomic E-state index is 0.00485. The van der Waals surface area contributed by atoms with Crippen LogP contribution in [0, 0.1) is 28.1 Å². The lowest BCUT2D eigenvalue weighted by molar-refractivity contribution is -0.164. The van der Waals surface area contributed by atoms with Crippen LogP contribution in [0.1, 0.15) is 65.7 Å². The maximum absolute atomic E-state index is 12.6. The molecule has 0 bridgehead atoms. The normalized spacial score (nSPS) is 46.2. The average molecular weight is 316 g/mol. The Morgan fingerprint density at radius 3 is 2.65 bits per heavy atom. The van der Waals surface area contributed by atoms with Crippen molar-refractivity contribution in [1.82, 2.24) is 0 Å². The summed E-state index contributed by atoms with van der Waals surface area (Å²) in [6.07, 6.45) is 12.7. The van der Waals surface area contributed by atoms with Crippen LogP contribution in [0.4, 0.5) is 0 Å². The quantitative estimate of drug-likeness (QED) is 0.511. The first-order chi connectivity index (χ1) is 10.8. The topological polar surface area (TPSA) is 26.3 Å². The van der Waals surface area contributed by atoms with Crippen molar-refractivity contribution in [3.8, 4) is 0 Å². The number of carbonyl (C=O) groups excluding carboxylic acids is 1. The zero-order valence-electron chi connectivity index (χ0n) is 15.3. The van der Waals surface area contributed by atoms with Gasteiger partial charge in [0.25, 0.3) is 0 Å². The van der Waals surface area contributed by atoms with Crippen molar-refractivity contribution in [2.24, 2.45) is 28.1 Å². The molecule has 0 radical (unpaired) electrons. The van der Waals surface area contributed by atoms with Gasteiger partial charge in [0.2, 0.25) is 0 Å². The van der Waals surface area contributed by atoms with Crippen LogP contribution in [0.5, 0.6) is 0 Å². The van der Waals surface area contributed by atoms with Crippen molar-refractivity contribution in [3.63, 3.8) is 0 Å². The second-order valence-electron chi connectivity index (χ2n) is 8.77. The maximum atomic E-state index is 12.6. The summed E-state index contributed by atoms with van der Waals surface area (Å²) in [7, 11) is 1.54. The number of ether oxygens (including phenoxy) is 1. The Morgan fingerprint density at radius 1 is 1.26 bits per heavy atom. The molecule has 3 aliphatic rings. The average Bonchev–Trinajstić information content (AvgIpc) is 2.54. The number of allylic oxidation sites excluding steroid dienone is 3. The monoisotopic (exact) mass is 316 g/mol. The van der Waals surface area contributed by atoms with E-state index in [0.29, 0.717) is 11.8 Å². The molecule has 0 saturated heterocycles. The molecule has 23 heavy (non-hydrogen) atoms. The number of esters is 1. The molecule has 0 unspecified atom stereocenters. The van der Waals surface area contributed by atoms with E-state index in [1.807, 2.05) is 0 Å². The Hall–Kier alpha value is -1.05. The van der Waals surface area contributed by atoms with Crippen molar-refractivity contribution >= 4 is 5.97 Å². The molecular weight excluding hydrogens is 284 g/mol. The molecule has 2 saturated carbocycles. The van der Waals surface area contributed by atoms with Crippen molar-refractivity contribution in [1.29, 1.82) is 0 Å². The van der Waals surface area contributed by atoms with Gasteiger partial charge in [-0.15, -0.1) is 6.58 Å². The van der Waals surface area contributed by atoms with E-state index >= 15 is 0 Å². The summed E-state index contributed by atoms with van der Waals surface area (Å²) in [5.74, 6) is 1.01. The molecule has 3 rings (SSSR count). The molecule has 2 fully saturated rings. The second-order valence-corrected chi connectivity index (χ2v) is 8.77. The molecular formula is C21H32O2. The number of hydrogen-bond acceptors (Lipinski definition) is 2. The lowest BCUT2D eigenvalue weighted by atomic mass is 9.44. The van der Waals surface area contributed by atoms with Crippen LogP contribution >= 0.6 is 0 Å². The summed E-state index contributed by atoms with van der Waals surface area (Å²) in [5.41, 5.74) is 1.67. The highest BCUT2D eigenvalue weighted by Crippen LogP contribution is 2.65. The van der Waals surface area contributed by atoms with Gasteiger partial charge in [-0.05, 0) is 68.1 Å². The van der Waals surface area contributed by atoms with Crippen LogP contribution in [0.25, 0.3) is 0 Å². The maximum Gasteiger partial charge on any atom is 0.311 e. The molecule has 0 aromatic rings. The Kier molecular flexibility index (Phi) is 4.01. The smallest absolute Gasteiger partial charge is 0.311 e. The fourth-order valence-electron chi connectivity index (χ4n) is 6.24. The Labute approximate surface area is 141 Å². The molecule has 0 heterocycles. The van der Waals surface area contributed by atoms with E-state index in [-0.39, 0.29) is 22.2 Å². The first kappa shape index (κ1) is 16.8. The van der Waals surface area contributed by atoms with Gasteiger partial charge < -0.3 is 4.74 Å². The third-order valence-electron chi connectivity index (χ3n) is 7.67. The zero-order valence-corrected chi connectivity index (χ0v) is 15.3. The first-order valence-electron chi connectivity index (χ1n) is 9.24. The largest absolute Gasteiger partial charge is 0.469 e. The molecule has 0 aromatic heterocycles. The molecule has 0 amide bonds. The van der Waals surface area contributed by atoms with Gasteiger partial charge in [0.15, 0.2) is 0 Å². The summed E-state index contributed by atoms with van der Waals surface area (Å²) in [4.78, 5) is 12.6. The van der Waals surface area contributed by atoms with E-state index in [1.165, 1.54) is 19.3 Å². The van der Waals surface area contributed by atoms with Crippen LogP contribution in [-0.2, 0) is 9.53 Å². The predicted molar refractivity (Wildman–Crippen MR) is 93.9 cm³/mol. The van der Waals surface area contributed by atoms with Crippen LogP contribution in [0.3, 0.4) is 0 Å². The van der Waals surface area contributed by atoms with E-state index in [1.54, 1.807) is 12.7 Å². The molecule has 0 aliphatic heterocycles. The van der Waals surface area contributed by atoms with Crippen molar-refractivity contribution in [2.45, 2.75) is 65.7 Å². The fraction of sp³-hybridized carbons (Fsp3) is 0.762. The Morgan fingerprint density at radius 2 is 2.00 bits per heavy atom. The van der Waals surface area contributed by atoms with Crippen LogP contribution in [0.2, 0.25) is 0 Å². The van der Waals surface area contributed by atoms with Crippen LogP contribution < -0.4 is 0 Å². The summed E-state index contributed by atoms with van der Waals surface area (Å²) in [6.45, 7) is 11.1. The van der Waals surface area contributed by atoms with Gasteiger partial charge in [-0.2, -0.15) is 0 Å². The van der Waals surface area contributed by atoms with Crippen LogP contribution in [0.15, 0.2) is 24.3 Å². The number of carbonyl (C=O) groups is 1. The molecule has 2 nitrogen and oxygen atoms in total. The molecule has 0 aromatic carbocycles. The number of hydrogen-bond donors (Lipinski definition) is 0. The van der Waals surface area contributed by atoms with E-state index in [2.05, 4.69) is 39.5 Å². The Balaban J connectivity index is 2.03. The molecule has 3 aliphatic carbocycles. The van der Waals surface area contributed by atoms with E-state index in [4.69, 9.17) is 4.74 Å². The van der Waals surface area contributed by atoms with Gasteiger partial charge in [-0.1, -0.05) is 38.0 Å². The highest BCUT2D eigenvalue weighted by molar-refractivity contribution is 5.77. The standard InChI is InChI=1S/C21H32O2/c1-6-19(2)12-7-9-16-15(19)10-11-17-20(16,3)13-8-14-21(17,4)18(22)23-5/h6,9,15,17H,1,7-8,10-14H2,2-5H3/t15-,17-,19+,20-,21+/m0/s1. The second kappa shape index (κ2) is 5.50. The van der Waals surface area contributed by atoms with Crippen LogP contribution in [-0.4, -0.2) is 13.1 Å². The molecule has 0 N–H and O–H groups in total. The lowest BCUT2D eigenvalue weighted by Crippen LogP contribution is -2.54. The molecule has 2 heteroatoms. The van der Waals surface area contributed by atoms with Gasteiger partial charge in [0, 0.05) is 0 Å². The highest BCUT2D eigenvalue weighted by Gasteiger charge is 2.59. The van der Waals surface area contributed by atoms with Crippen molar-refractivity contribution in [2.75, 3.05) is 7.11 Å². The number of methoxy groups -OCH3 is 1. The third-order valence-corrected chi connectivity index (χ3v) is 7.67. The van der Waals surface area contributed by atoms with Gasteiger partial charge in [0.05, 0.1) is 12.5 Å². The zero-order chi connectivity index (χ0) is 16.9. The molecule has 128 valence electrons. The number of fused-ring (bicyclic) bond motifs is 3. The van der Waals surface area contributed by atoms with Gasteiger partial charge in [0.1, 0.15) is 0 Å². The fourth-order valence-corrected chi connectivity index (χ4v) is 6.24. The van der Waals surface area contributed by atoms with E-state index in [0.717, 1.165) is 25.7 Å². The summed E-state index contributed by atoms with van der Waals surface area (Å²) in [5, 5.41) is 0. The van der Waals surface area contributed by atoms with Crippen molar-refractivity contribution < 1.29 is 9.53 Å². The van der Waals surface area contributed by atoms with Gasteiger partial charge in [-0.3, -0.25) is 4.79 Å². The van der Waals surface area contributed by atoms with Gasteiger partial charge >= 0.3 is 5.97 Å². The highest BCUT2D eigenvalue weighted by atomic mass is 16.5. The Bertz CT molecular complexity index is 548. The van der Waals surface area contributed by atoms with E-state index < -0.39 is 0 Å². The first-order valence-corrected chi connectivity index (χ1v) is 9.24. The van der Waals surface area contributed by atoms with Crippen molar-refractivity contribution in [3.05, 3.63) is 24.3 Å². The minimum Gasteiger partial charge on any atom is -0.469 e. The summed E-state index contributed by atoms with van der Waals surface area (Å²) < 4.78 is 5.21.